The zero-order valence-electron chi connectivity index (χ0n) is 9.51. The highest BCUT2D eigenvalue weighted by Gasteiger charge is 2.11. The molecule has 0 aromatic carbocycles. The standard InChI is InChI=1S/C10H17N3O3/c1-10(2,14)16-5-3-4-15-9-7-12-8(11)6-13-9/h6-7,14H,3-5H2,1-2H3,(H2,11,12). The van der Waals surface area contributed by atoms with E-state index in [2.05, 4.69) is 9.97 Å². The van der Waals surface area contributed by atoms with Crippen LogP contribution in [0.4, 0.5) is 5.82 Å². The van der Waals surface area contributed by atoms with Gasteiger partial charge < -0.3 is 20.3 Å². The molecule has 0 unspecified atom stereocenters. The van der Waals surface area contributed by atoms with Crippen LogP contribution in [0.25, 0.3) is 0 Å². The first kappa shape index (κ1) is 12.7. The van der Waals surface area contributed by atoms with Crippen LogP contribution in [0.15, 0.2) is 12.4 Å². The van der Waals surface area contributed by atoms with E-state index in [1.54, 1.807) is 13.8 Å². The van der Waals surface area contributed by atoms with Gasteiger partial charge in [0.15, 0.2) is 5.79 Å². The van der Waals surface area contributed by atoms with Crippen molar-refractivity contribution in [1.82, 2.24) is 9.97 Å². The maximum Gasteiger partial charge on any atom is 0.232 e. The van der Waals surface area contributed by atoms with E-state index in [1.165, 1.54) is 12.4 Å². The minimum absolute atomic E-state index is 0.359. The topological polar surface area (TPSA) is 90.5 Å². The fraction of sp³-hybridized carbons (Fsp3) is 0.600. The van der Waals surface area contributed by atoms with Crippen LogP contribution in [0.5, 0.6) is 5.88 Å². The maximum absolute atomic E-state index is 9.27. The minimum Gasteiger partial charge on any atom is -0.476 e. The number of hydrogen-bond acceptors (Lipinski definition) is 6. The molecule has 0 radical (unpaired) electrons. The summed E-state index contributed by atoms with van der Waals surface area (Å²) in [6.45, 7) is 4.04. The second-order valence-corrected chi connectivity index (χ2v) is 3.78. The molecule has 0 aliphatic rings. The van der Waals surface area contributed by atoms with Gasteiger partial charge in [0.2, 0.25) is 5.88 Å². The molecule has 0 aliphatic heterocycles. The van der Waals surface area contributed by atoms with E-state index in [-0.39, 0.29) is 0 Å². The molecule has 0 saturated carbocycles. The van der Waals surface area contributed by atoms with Gasteiger partial charge in [-0.25, -0.2) is 9.97 Å². The predicted octanol–water partition coefficient (Wildman–Crippen LogP) is 0.573. The summed E-state index contributed by atoms with van der Waals surface area (Å²) in [5.41, 5.74) is 5.37. The van der Waals surface area contributed by atoms with Gasteiger partial charge in [0.1, 0.15) is 5.82 Å². The van der Waals surface area contributed by atoms with E-state index in [0.29, 0.717) is 31.3 Å². The van der Waals surface area contributed by atoms with E-state index in [0.717, 1.165) is 0 Å². The Kier molecular flexibility index (Phi) is 4.45. The van der Waals surface area contributed by atoms with Gasteiger partial charge in [0.25, 0.3) is 0 Å². The lowest BCUT2D eigenvalue weighted by atomic mass is 10.4. The summed E-state index contributed by atoms with van der Waals surface area (Å²) in [7, 11) is 0. The summed E-state index contributed by atoms with van der Waals surface area (Å²) in [4.78, 5) is 7.76. The fourth-order valence-corrected chi connectivity index (χ4v) is 0.958. The lowest BCUT2D eigenvalue weighted by Crippen LogP contribution is -2.24. The van der Waals surface area contributed by atoms with E-state index >= 15 is 0 Å². The Morgan fingerprint density at radius 1 is 1.31 bits per heavy atom. The van der Waals surface area contributed by atoms with Crippen LogP contribution in [0.3, 0.4) is 0 Å². The van der Waals surface area contributed by atoms with Crippen LogP contribution in [-0.4, -0.2) is 34.1 Å². The first-order valence-electron chi connectivity index (χ1n) is 5.04. The highest BCUT2D eigenvalue weighted by Crippen LogP contribution is 2.06. The highest BCUT2D eigenvalue weighted by atomic mass is 16.6. The van der Waals surface area contributed by atoms with Crippen LogP contribution in [-0.2, 0) is 4.74 Å². The van der Waals surface area contributed by atoms with Gasteiger partial charge in [-0.15, -0.1) is 0 Å². The van der Waals surface area contributed by atoms with Crippen molar-refractivity contribution in [1.29, 1.82) is 0 Å². The Morgan fingerprint density at radius 2 is 2.06 bits per heavy atom. The number of aromatic nitrogens is 2. The number of ether oxygens (including phenoxy) is 2. The van der Waals surface area contributed by atoms with Crippen molar-refractivity contribution in [2.75, 3.05) is 18.9 Å². The molecule has 1 aromatic rings. The van der Waals surface area contributed by atoms with Crippen LogP contribution in [0, 0.1) is 0 Å². The second kappa shape index (κ2) is 5.62. The molecule has 6 heteroatoms. The van der Waals surface area contributed by atoms with Crippen LogP contribution >= 0.6 is 0 Å². The van der Waals surface area contributed by atoms with Gasteiger partial charge >= 0.3 is 0 Å². The molecule has 0 amide bonds. The Labute approximate surface area is 94.4 Å². The van der Waals surface area contributed by atoms with Gasteiger partial charge in [-0.05, 0) is 13.8 Å². The number of anilines is 1. The largest absolute Gasteiger partial charge is 0.476 e. The molecule has 1 heterocycles. The third kappa shape index (κ3) is 5.47. The highest BCUT2D eigenvalue weighted by molar-refractivity contribution is 5.24. The lowest BCUT2D eigenvalue weighted by molar-refractivity contribution is -0.176. The van der Waals surface area contributed by atoms with Crippen molar-refractivity contribution in [3.05, 3.63) is 12.4 Å². The molecule has 16 heavy (non-hydrogen) atoms. The van der Waals surface area contributed by atoms with Crippen LogP contribution < -0.4 is 10.5 Å². The SMILES string of the molecule is CC(C)(O)OCCCOc1cnc(N)cn1. The van der Waals surface area contributed by atoms with E-state index in [4.69, 9.17) is 15.2 Å². The zero-order chi connectivity index (χ0) is 12.0. The average Bonchev–Trinajstić information content (AvgIpc) is 2.19. The molecule has 0 spiro atoms. The molecule has 90 valence electrons. The molecule has 0 atom stereocenters. The Balaban J connectivity index is 2.14. The summed E-state index contributed by atoms with van der Waals surface area (Å²) in [6.07, 6.45) is 3.56. The monoisotopic (exact) mass is 227 g/mol. The molecule has 1 rings (SSSR count). The normalized spacial score (nSPS) is 11.4. The predicted molar refractivity (Wildman–Crippen MR) is 58.8 cm³/mol. The van der Waals surface area contributed by atoms with Gasteiger partial charge in [0, 0.05) is 6.42 Å². The number of hydrogen-bond donors (Lipinski definition) is 2. The summed E-state index contributed by atoms with van der Waals surface area (Å²) >= 11 is 0. The van der Waals surface area contributed by atoms with Gasteiger partial charge in [-0.1, -0.05) is 0 Å². The third-order valence-electron chi connectivity index (χ3n) is 1.64. The smallest absolute Gasteiger partial charge is 0.232 e. The van der Waals surface area contributed by atoms with Crippen molar-refractivity contribution in [2.45, 2.75) is 26.1 Å². The van der Waals surface area contributed by atoms with Gasteiger partial charge in [-0.3, -0.25) is 0 Å². The average molecular weight is 227 g/mol. The van der Waals surface area contributed by atoms with Crippen molar-refractivity contribution >= 4 is 5.82 Å². The quantitative estimate of drug-likeness (QED) is 0.545. The molecule has 0 saturated heterocycles. The number of nitrogens with two attached hydrogens (primary N) is 1. The molecule has 0 fully saturated rings. The van der Waals surface area contributed by atoms with E-state index in [9.17, 15) is 5.11 Å². The molecule has 3 N–H and O–H groups in total. The van der Waals surface area contributed by atoms with E-state index in [1.807, 2.05) is 0 Å². The van der Waals surface area contributed by atoms with Crippen molar-refractivity contribution < 1.29 is 14.6 Å². The number of rotatable bonds is 6. The molecular formula is C10H17N3O3. The third-order valence-corrected chi connectivity index (χ3v) is 1.64. The Hall–Kier alpha value is -1.40. The second-order valence-electron chi connectivity index (χ2n) is 3.78. The molecule has 6 nitrogen and oxygen atoms in total. The fourth-order valence-electron chi connectivity index (χ4n) is 0.958. The summed E-state index contributed by atoms with van der Waals surface area (Å²) in [5, 5.41) is 9.27. The molecule has 0 bridgehead atoms. The number of aliphatic hydroxyl groups is 1. The summed E-state index contributed by atoms with van der Waals surface area (Å²) in [6, 6.07) is 0. The Bertz CT molecular complexity index is 308. The van der Waals surface area contributed by atoms with Gasteiger partial charge in [0.05, 0.1) is 25.6 Å². The lowest BCUT2D eigenvalue weighted by Gasteiger charge is -2.17. The maximum atomic E-state index is 9.27. The van der Waals surface area contributed by atoms with Gasteiger partial charge in [-0.2, -0.15) is 0 Å². The first-order valence-corrected chi connectivity index (χ1v) is 5.04. The zero-order valence-corrected chi connectivity index (χ0v) is 9.51. The Morgan fingerprint density at radius 3 is 2.62 bits per heavy atom. The first-order chi connectivity index (χ1) is 7.47. The van der Waals surface area contributed by atoms with Crippen molar-refractivity contribution in [3.63, 3.8) is 0 Å². The van der Waals surface area contributed by atoms with Crippen molar-refractivity contribution in [2.24, 2.45) is 0 Å². The summed E-state index contributed by atoms with van der Waals surface area (Å²) < 4.78 is 10.4. The van der Waals surface area contributed by atoms with E-state index < -0.39 is 5.79 Å². The van der Waals surface area contributed by atoms with Crippen molar-refractivity contribution in [3.8, 4) is 5.88 Å². The molecular weight excluding hydrogens is 210 g/mol. The minimum atomic E-state index is -1.10. The summed E-state index contributed by atoms with van der Waals surface area (Å²) in [5.74, 6) is -0.309. The number of nitrogens with zero attached hydrogens (tertiary/aromatic N) is 2. The van der Waals surface area contributed by atoms with Crippen LogP contribution in [0.2, 0.25) is 0 Å². The van der Waals surface area contributed by atoms with Crippen LogP contribution in [0.1, 0.15) is 20.3 Å². The molecule has 1 aromatic heterocycles. The number of nitrogen functional groups attached to an aromatic ring is 1. The molecule has 0 aliphatic carbocycles.